The average Bonchev–Trinajstić information content (AvgIpc) is 3.30. The van der Waals surface area contributed by atoms with Crippen LogP contribution < -0.4 is 15.6 Å². The SMILES string of the molecule is CCCCN1C(=O)CCC(C(=O)NNC(=O)c2c[nH]c3ccccc23)C1c1ccccc1OC. The van der Waals surface area contributed by atoms with Crippen LogP contribution >= 0.6 is 0 Å². The van der Waals surface area contributed by atoms with Crippen molar-refractivity contribution in [3.63, 3.8) is 0 Å². The summed E-state index contributed by atoms with van der Waals surface area (Å²) in [5, 5.41) is 0.773. The zero-order chi connectivity index (χ0) is 24.1. The van der Waals surface area contributed by atoms with Crippen molar-refractivity contribution in [3.05, 3.63) is 65.9 Å². The predicted molar refractivity (Wildman–Crippen MR) is 129 cm³/mol. The molecule has 3 amide bonds. The second-order valence-corrected chi connectivity index (χ2v) is 8.46. The van der Waals surface area contributed by atoms with Crippen molar-refractivity contribution in [1.29, 1.82) is 0 Å². The molecule has 0 aliphatic carbocycles. The summed E-state index contributed by atoms with van der Waals surface area (Å²) in [5.41, 5.74) is 7.23. The molecular formula is C26H30N4O4. The number of para-hydroxylation sites is 2. The highest BCUT2D eigenvalue weighted by molar-refractivity contribution is 6.07. The fourth-order valence-corrected chi connectivity index (χ4v) is 4.65. The minimum absolute atomic E-state index is 0.0243. The van der Waals surface area contributed by atoms with Gasteiger partial charge in [0.05, 0.1) is 24.6 Å². The molecule has 1 fully saturated rings. The Hall–Kier alpha value is -3.81. The molecule has 0 spiro atoms. The van der Waals surface area contributed by atoms with Gasteiger partial charge in [0.2, 0.25) is 11.8 Å². The maximum atomic E-state index is 13.3. The van der Waals surface area contributed by atoms with Crippen molar-refractivity contribution in [1.82, 2.24) is 20.7 Å². The largest absolute Gasteiger partial charge is 0.496 e. The summed E-state index contributed by atoms with van der Waals surface area (Å²) in [6, 6.07) is 14.5. The number of unbranched alkanes of at least 4 members (excludes halogenated alkanes) is 1. The van der Waals surface area contributed by atoms with E-state index < -0.39 is 17.9 Å². The van der Waals surface area contributed by atoms with Gasteiger partial charge in [-0.15, -0.1) is 0 Å². The lowest BCUT2D eigenvalue weighted by atomic mass is 9.83. The van der Waals surface area contributed by atoms with Crippen LogP contribution in [0.5, 0.6) is 5.75 Å². The Labute approximate surface area is 198 Å². The van der Waals surface area contributed by atoms with Gasteiger partial charge in [-0.3, -0.25) is 25.2 Å². The summed E-state index contributed by atoms with van der Waals surface area (Å²) < 4.78 is 5.56. The molecule has 0 radical (unpaired) electrons. The molecule has 2 unspecified atom stereocenters. The lowest BCUT2D eigenvalue weighted by molar-refractivity contribution is -0.143. The number of fused-ring (bicyclic) bond motifs is 1. The Bertz CT molecular complexity index is 1190. The van der Waals surface area contributed by atoms with E-state index in [0.717, 1.165) is 29.3 Å². The molecule has 4 rings (SSSR count). The van der Waals surface area contributed by atoms with Crippen molar-refractivity contribution < 1.29 is 19.1 Å². The van der Waals surface area contributed by atoms with E-state index in [2.05, 4.69) is 22.8 Å². The Morgan fingerprint density at radius 1 is 1.12 bits per heavy atom. The van der Waals surface area contributed by atoms with Gasteiger partial charge in [0.15, 0.2) is 0 Å². The van der Waals surface area contributed by atoms with Crippen LogP contribution in [0, 0.1) is 5.92 Å². The van der Waals surface area contributed by atoms with E-state index in [0.29, 0.717) is 24.3 Å². The van der Waals surface area contributed by atoms with Gasteiger partial charge in [-0.1, -0.05) is 49.7 Å². The van der Waals surface area contributed by atoms with Crippen LogP contribution in [0.25, 0.3) is 10.9 Å². The van der Waals surface area contributed by atoms with Crippen LogP contribution in [0.15, 0.2) is 54.7 Å². The van der Waals surface area contributed by atoms with E-state index in [-0.39, 0.29) is 18.2 Å². The topological polar surface area (TPSA) is 104 Å². The Kier molecular flexibility index (Phi) is 7.15. The molecule has 2 heterocycles. The van der Waals surface area contributed by atoms with Crippen LogP contribution in [0.4, 0.5) is 0 Å². The molecular weight excluding hydrogens is 432 g/mol. The van der Waals surface area contributed by atoms with E-state index in [9.17, 15) is 14.4 Å². The van der Waals surface area contributed by atoms with E-state index in [4.69, 9.17) is 4.74 Å². The number of aromatic nitrogens is 1. The number of nitrogens with one attached hydrogen (secondary N) is 3. The Balaban J connectivity index is 1.56. The van der Waals surface area contributed by atoms with Crippen LogP contribution in [0.2, 0.25) is 0 Å². The average molecular weight is 463 g/mol. The maximum Gasteiger partial charge on any atom is 0.271 e. The van der Waals surface area contributed by atoms with Crippen molar-refractivity contribution >= 4 is 28.6 Å². The number of hydrogen-bond acceptors (Lipinski definition) is 4. The quantitative estimate of drug-likeness (QED) is 0.466. The lowest BCUT2D eigenvalue weighted by Crippen LogP contribution is -2.51. The number of carbonyl (C=O) groups is 3. The number of aromatic amines is 1. The first kappa shape index (κ1) is 23.4. The number of ether oxygens (including phenoxy) is 1. The molecule has 2 aromatic carbocycles. The van der Waals surface area contributed by atoms with Crippen molar-refractivity contribution in [2.24, 2.45) is 5.92 Å². The van der Waals surface area contributed by atoms with E-state index in [1.54, 1.807) is 18.2 Å². The summed E-state index contributed by atoms with van der Waals surface area (Å²) in [5.74, 6) is -0.623. The fourth-order valence-electron chi connectivity index (χ4n) is 4.65. The number of hydrazine groups is 1. The van der Waals surface area contributed by atoms with Crippen molar-refractivity contribution in [3.8, 4) is 5.75 Å². The zero-order valence-electron chi connectivity index (χ0n) is 19.5. The number of hydrogen-bond donors (Lipinski definition) is 3. The molecule has 3 N–H and O–H groups in total. The molecule has 1 aromatic heterocycles. The van der Waals surface area contributed by atoms with E-state index in [1.165, 1.54) is 0 Å². The van der Waals surface area contributed by atoms with Gasteiger partial charge in [0, 0.05) is 35.6 Å². The number of methoxy groups -OCH3 is 1. The third kappa shape index (κ3) is 4.62. The summed E-state index contributed by atoms with van der Waals surface area (Å²) >= 11 is 0. The minimum Gasteiger partial charge on any atom is -0.496 e. The number of rotatable bonds is 7. The molecule has 3 aromatic rings. The maximum absolute atomic E-state index is 13.3. The van der Waals surface area contributed by atoms with Crippen LogP contribution in [-0.2, 0) is 9.59 Å². The van der Waals surface area contributed by atoms with E-state index >= 15 is 0 Å². The standard InChI is InChI=1S/C26H30N4O4/c1-3-4-15-30-23(31)14-13-19(24(30)18-10-6-8-12-22(18)34-2)25(32)28-29-26(33)20-16-27-21-11-7-5-9-17(20)21/h5-12,16,19,24,27H,3-4,13-15H2,1-2H3,(H,28,32)(H,29,33). The molecule has 8 heteroatoms. The number of likely N-dealkylation sites (tertiary alicyclic amines) is 1. The third-order valence-electron chi connectivity index (χ3n) is 6.39. The van der Waals surface area contributed by atoms with E-state index in [1.807, 2.05) is 48.5 Å². The van der Waals surface area contributed by atoms with Gasteiger partial charge >= 0.3 is 0 Å². The Morgan fingerprint density at radius 2 is 1.88 bits per heavy atom. The summed E-state index contributed by atoms with van der Waals surface area (Å²) in [7, 11) is 1.58. The van der Waals surface area contributed by atoms with Crippen LogP contribution in [0.1, 0.15) is 54.6 Å². The van der Waals surface area contributed by atoms with Crippen molar-refractivity contribution in [2.45, 2.75) is 38.6 Å². The van der Waals surface area contributed by atoms with Gasteiger partial charge in [0.25, 0.3) is 5.91 Å². The summed E-state index contributed by atoms with van der Waals surface area (Å²) in [6.45, 7) is 2.63. The zero-order valence-corrected chi connectivity index (χ0v) is 19.5. The van der Waals surface area contributed by atoms with Gasteiger partial charge in [0.1, 0.15) is 5.75 Å². The van der Waals surface area contributed by atoms with Gasteiger partial charge in [-0.05, 0) is 25.0 Å². The number of H-pyrrole nitrogens is 1. The van der Waals surface area contributed by atoms with Gasteiger partial charge in [-0.25, -0.2) is 0 Å². The normalized spacial score (nSPS) is 18.1. The first-order valence-electron chi connectivity index (χ1n) is 11.6. The number of carbonyl (C=O) groups excluding carboxylic acids is 3. The number of piperidine rings is 1. The highest BCUT2D eigenvalue weighted by Gasteiger charge is 2.41. The fraction of sp³-hybridized carbons (Fsp3) is 0.346. The second kappa shape index (κ2) is 10.4. The Morgan fingerprint density at radius 3 is 2.68 bits per heavy atom. The summed E-state index contributed by atoms with van der Waals surface area (Å²) in [4.78, 5) is 43.8. The first-order valence-corrected chi connectivity index (χ1v) is 11.6. The first-order chi connectivity index (χ1) is 16.5. The highest BCUT2D eigenvalue weighted by Crippen LogP contribution is 2.40. The molecule has 8 nitrogen and oxygen atoms in total. The number of nitrogens with zero attached hydrogens (tertiary/aromatic N) is 1. The molecule has 0 bridgehead atoms. The smallest absolute Gasteiger partial charge is 0.271 e. The summed E-state index contributed by atoms with van der Waals surface area (Å²) in [6.07, 6.45) is 4.06. The number of amides is 3. The number of benzene rings is 2. The molecule has 178 valence electrons. The molecule has 2 atom stereocenters. The monoisotopic (exact) mass is 462 g/mol. The van der Waals surface area contributed by atoms with Crippen LogP contribution in [-0.4, -0.2) is 41.3 Å². The molecule has 1 aliphatic rings. The lowest BCUT2D eigenvalue weighted by Gasteiger charge is -2.41. The van der Waals surface area contributed by atoms with Crippen molar-refractivity contribution in [2.75, 3.05) is 13.7 Å². The minimum atomic E-state index is -0.533. The highest BCUT2D eigenvalue weighted by atomic mass is 16.5. The third-order valence-corrected chi connectivity index (χ3v) is 6.39. The molecule has 1 saturated heterocycles. The molecule has 0 saturated carbocycles. The van der Waals surface area contributed by atoms with Crippen LogP contribution in [0.3, 0.4) is 0 Å². The molecule has 1 aliphatic heterocycles. The predicted octanol–water partition coefficient (Wildman–Crippen LogP) is 3.72. The van der Waals surface area contributed by atoms with Gasteiger partial charge < -0.3 is 14.6 Å². The molecule has 34 heavy (non-hydrogen) atoms. The second-order valence-electron chi connectivity index (χ2n) is 8.46. The van der Waals surface area contributed by atoms with Gasteiger partial charge in [-0.2, -0.15) is 0 Å².